The minimum atomic E-state index is -0.553. The van der Waals surface area contributed by atoms with Gasteiger partial charge in [-0.3, -0.25) is 0 Å². The molecule has 0 bridgehead atoms. The molecule has 15 heavy (non-hydrogen) atoms. The van der Waals surface area contributed by atoms with Crippen molar-refractivity contribution >= 4 is 0 Å². The number of aliphatic hydroxyl groups is 1. The summed E-state index contributed by atoms with van der Waals surface area (Å²) in [5.74, 6) is 0.0350. The van der Waals surface area contributed by atoms with Crippen molar-refractivity contribution in [2.24, 2.45) is 11.3 Å². The van der Waals surface area contributed by atoms with Crippen molar-refractivity contribution in [3.8, 4) is 6.07 Å². The standard InChI is InChI=1S/C12H21NO2/c1-10(8-15-2)11(14)12(9-13)6-4-3-5-7-12/h10-11,14H,3-8H2,1-2H3. The molecule has 3 nitrogen and oxygen atoms in total. The summed E-state index contributed by atoms with van der Waals surface area (Å²) in [4.78, 5) is 0. The number of nitrogens with zero attached hydrogens (tertiary/aromatic N) is 1. The molecular weight excluding hydrogens is 190 g/mol. The van der Waals surface area contributed by atoms with Crippen molar-refractivity contribution in [2.75, 3.05) is 13.7 Å². The van der Waals surface area contributed by atoms with Gasteiger partial charge in [0, 0.05) is 13.0 Å². The van der Waals surface area contributed by atoms with Crippen molar-refractivity contribution in [3.63, 3.8) is 0 Å². The van der Waals surface area contributed by atoms with Crippen molar-refractivity contribution in [1.82, 2.24) is 0 Å². The summed E-state index contributed by atoms with van der Waals surface area (Å²) in [5, 5.41) is 19.5. The Morgan fingerprint density at radius 3 is 2.47 bits per heavy atom. The highest BCUT2D eigenvalue weighted by molar-refractivity contribution is 5.06. The lowest BCUT2D eigenvalue weighted by atomic mass is 9.68. The van der Waals surface area contributed by atoms with E-state index in [4.69, 9.17) is 4.74 Å². The molecule has 0 aromatic carbocycles. The zero-order chi connectivity index (χ0) is 11.3. The minimum absolute atomic E-state index is 0.0350. The maximum absolute atomic E-state index is 10.2. The molecule has 0 heterocycles. The molecule has 1 rings (SSSR count). The van der Waals surface area contributed by atoms with Crippen LogP contribution in [0.5, 0.6) is 0 Å². The lowest BCUT2D eigenvalue weighted by Gasteiger charge is -2.37. The molecule has 3 heteroatoms. The fourth-order valence-electron chi connectivity index (χ4n) is 2.56. The predicted octanol–water partition coefficient (Wildman–Crippen LogP) is 2.10. The molecule has 0 saturated heterocycles. The first-order valence-electron chi connectivity index (χ1n) is 5.74. The topological polar surface area (TPSA) is 53.2 Å². The molecule has 2 unspecified atom stereocenters. The summed E-state index contributed by atoms with van der Waals surface area (Å²) in [6.45, 7) is 2.46. The first kappa shape index (κ1) is 12.5. The number of hydrogen-bond donors (Lipinski definition) is 1. The summed E-state index contributed by atoms with van der Waals surface area (Å²) in [7, 11) is 1.63. The van der Waals surface area contributed by atoms with E-state index in [9.17, 15) is 10.4 Å². The van der Waals surface area contributed by atoms with E-state index in [2.05, 4.69) is 6.07 Å². The maximum Gasteiger partial charge on any atom is 0.0835 e. The van der Waals surface area contributed by atoms with Gasteiger partial charge in [-0.1, -0.05) is 26.2 Å². The Balaban J connectivity index is 2.68. The Hall–Kier alpha value is -0.590. The number of aliphatic hydroxyl groups excluding tert-OH is 1. The van der Waals surface area contributed by atoms with Gasteiger partial charge < -0.3 is 9.84 Å². The second kappa shape index (κ2) is 5.48. The Bertz CT molecular complexity index is 228. The largest absolute Gasteiger partial charge is 0.391 e. The number of rotatable bonds is 4. The number of nitriles is 1. The number of hydrogen-bond acceptors (Lipinski definition) is 3. The molecule has 0 aromatic heterocycles. The highest BCUT2D eigenvalue weighted by Gasteiger charge is 2.41. The quantitative estimate of drug-likeness (QED) is 0.774. The van der Waals surface area contributed by atoms with Gasteiger partial charge in [0.25, 0.3) is 0 Å². The fourth-order valence-corrected chi connectivity index (χ4v) is 2.56. The van der Waals surface area contributed by atoms with Crippen LogP contribution in [0.2, 0.25) is 0 Å². The molecule has 0 aliphatic heterocycles. The van der Waals surface area contributed by atoms with Crippen LogP contribution in [0.3, 0.4) is 0 Å². The molecular formula is C12H21NO2. The summed E-state index contributed by atoms with van der Waals surface area (Å²) in [6.07, 6.45) is 4.42. The normalized spacial score (nSPS) is 24.1. The van der Waals surface area contributed by atoms with Crippen LogP contribution in [-0.2, 0) is 4.74 Å². The SMILES string of the molecule is COCC(C)C(O)C1(C#N)CCCCC1. The Kier molecular flexibility index (Phi) is 4.56. The van der Waals surface area contributed by atoms with Gasteiger partial charge in [-0.25, -0.2) is 0 Å². The van der Waals surface area contributed by atoms with E-state index in [-0.39, 0.29) is 5.92 Å². The second-order valence-electron chi connectivity index (χ2n) is 4.71. The summed E-state index contributed by atoms with van der Waals surface area (Å²) >= 11 is 0. The monoisotopic (exact) mass is 211 g/mol. The first-order valence-corrected chi connectivity index (χ1v) is 5.74. The van der Waals surface area contributed by atoms with Crippen molar-refractivity contribution < 1.29 is 9.84 Å². The molecule has 2 atom stereocenters. The Morgan fingerprint density at radius 1 is 1.40 bits per heavy atom. The predicted molar refractivity (Wildman–Crippen MR) is 58.2 cm³/mol. The van der Waals surface area contributed by atoms with Gasteiger partial charge in [0.2, 0.25) is 0 Å². The van der Waals surface area contributed by atoms with E-state index in [1.165, 1.54) is 6.42 Å². The fraction of sp³-hybridized carbons (Fsp3) is 0.917. The molecule has 0 amide bonds. The minimum Gasteiger partial charge on any atom is -0.391 e. The van der Waals surface area contributed by atoms with E-state index < -0.39 is 11.5 Å². The molecule has 0 radical (unpaired) electrons. The van der Waals surface area contributed by atoms with Gasteiger partial charge in [0.05, 0.1) is 24.2 Å². The molecule has 1 aliphatic carbocycles. The van der Waals surface area contributed by atoms with E-state index >= 15 is 0 Å². The van der Waals surface area contributed by atoms with Crippen LogP contribution in [-0.4, -0.2) is 24.9 Å². The Morgan fingerprint density at radius 2 is 2.00 bits per heavy atom. The lowest BCUT2D eigenvalue weighted by molar-refractivity contribution is -0.0259. The van der Waals surface area contributed by atoms with Gasteiger partial charge in [-0.05, 0) is 12.8 Å². The van der Waals surface area contributed by atoms with Crippen molar-refractivity contribution in [2.45, 2.75) is 45.1 Å². The van der Waals surface area contributed by atoms with E-state index in [0.29, 0.717) is 6.61 Å². The third-order valence-corrected chi connectivity index (χ3v) is 3.50. The summed E-state index contributed by atoms with van der Waals surface area (Å²) in [5.41, 5.74) is -0.518. The molecule has 0 spiro atoms. The molecule has 1 saturated carbocycles. The zero-order valence-corrected chi connectivity index (χ0v) is 9.70. The van der Waals surface area contributed by atoms with Crippen LogP contribution < -0.4 is 0 Å². The van der Waals surface area contributed by atoms with Gasteiger partial charge in [0.15, 0.2) is 0 Å². The number of ether oxygens (including phenoxy) is 1. The third kappa shape index (κ3) is 2.70. The van der Waals surface area contributed by atoms with Crippen LogP contribution in [0.15, 0.2) is 0 Å². The van der Waals surface area contributed by atoms with Gasteiger partial charge in [-0.2, -0.15) is 5.26 Å². The second-order valence-corrected chi connectivity index (χ2v) is 4.71. The average molecular weight is 211 g/mol. The molecule has 0 aromatic rings. The lowest BCUT2D eigenvalue weighted by Crippen LogP contribution is -2.41. The summed E-state index contributed by atoms with van der Waals surface area (Å²) in [6, 6.07) is 2.35. The molecule has 1 N–H and O–H groups in total. The first-order chi connectivity index (χ1) is 7.16. The summed E-state index contributed by atoms with van der Waals surface area (Å²) < 4.78 is 5.04. The number of methoxy groups -OCH3 is 1. The van der Waals surface area contributed by atoms with E-state index in [1.807, 2.05) is 6.92 Å². The average Bonchev–Trinajstić information content (AvgIpc) is 2.29. The van der Waals surface area contributed by atoms with Crippen LogP contribution >= 0.6 is 0 Å². The molecule has 1 fully saturated rings. The smallest absolute Gasteiger partial charge is 0.0835 e. The van der Waals surface area contributed by atoms with E-state index in [1.54, 1.807) is 7.11 Å². The van der Waals surface area contributed by atoms with Crippen molar-refractivity contribution in [3.05, 3.63) is 0 Å². The van der Waals surface area contributed by atoms with Crippen LogP contribution in [0.25, 0.3) is 0 Å². The Labute approximate surface area is 92.0 Å². The van der Waals surface area contributed by atoms with Crippen LogP contribution in [0.1, 0.15) is 39.0 Å². The highest BCUT2D eigenvalue weighted by Crippen LogP contribution is 2.41. The highest BCUT2D eigenvalue weighted by atomic mass is 16.5. The van der Waals surface area contributed by atoms with Gasteiger partial charge in [0.1, 0.15) is 0 Å². The maximum atomic E-state index is 10.2. The molecule has 1 aliphatic rings. The van der Waals surface area contributed by atoms with Gasteiger partial charge >= 0.3 is 0 Å². The van der Waals surface area contributed by atoms with E-state index in [0.717, 1.165) is 25.7 Å². The third-order valence-electron chi connectivity index (χ3n) is 3.50. The zero-order valence-electron chi connectivity index (χ0n) is 9.70. The van der Waals surface area contributed by atoms with Crippen molar-refractivity contribution in [1.29, 1.82) is 5.26 Å². The molecule has 86 valence electrons. The van der Waals surface area contributed by atoms with Crippen LogP contribution in [0.4, 0.5) is 0 Å². The van der Waals surface area contributed by atoms with Crippen LogP contribution in [0, 0.1) is 22.7 Å². The van der Waals surface area contributed by atoms with Gasteiger partial charge in [-0.15, -0.1) is 0 Å².